The molecule has 0 saturated heterocycles. The summed E-state index contributed by atoms with van der Waals surface area (Å²) in [5, 5.41) is 4.54. The van der Waals surface area contributed by atoms with Gasteiger partial charge in [-0.3, -0.25) is 4.90 Å². The molecule has 1 atom stereocenters. The highest BCUT2D eigenvalue weighted by Gasteiger charge is 2.33. The van der Waals surface area contributed by atoms with Gasteiger partial charge in [0, 0.05) is 18.8 Å². The zero-order chi connectivity index (χ0) is 19.7. The van der Waals surface area contributed by atoms with E-state index in [4.69, 9.17) is 4.74 Å². The Morgan fingerprint density at radius 3 is 2.57 bits per heavy atom. The highest BCUT2D eigenvalue weighted by atomic mass is 16.5. The fraction of sp³-hybridized carbons (Fsp3) is 0.304. The third kappa shape index (κ3) is 3.45. The standard InChI is InChI=1S/C23H25N3O2/c1-16-14-17(2)26(24-16)20-10-8-18(9-11-20)15-25-13-12-19-6-4-5-7-21(19)22(25)23(27)28-3/h4-11,14,22H,12-13,15H2,1-3H3/t22-/m0/s1. The largest absolute Gasteiger partial charge is 0.468 e. The topological polar surface area (TPSA) is 47.4 Å². The van der Waals surface area contributed by atoms with Gasteiger partial charge in [-0.25, -0.2) is 9.48 Å². The summed E-state index contributed by atoms with van der Waals surface area (Å²) >= 11 is 0. The summed E-state index contributed by atoms with van der Waals surface area (Å²) in [6.45, 7) is 5.58. The fourth-order valence-electron chi connectivity index (χ4n) is 4.04. The van der Waals surface area contributed by atoms with Crippen LogP contribution in [-0.4, -0.2) is 34.3 Å². The molecule has 3 aromatic rings. The van der Waals surface area contributed by atoms with Crippen molar-refractivity contribution in [1.29, 1.82) is 0 Å². The molecule has 1 aliphatic heterocycles. The summed E-state index contributed by atoms with van der Waals surface area (Å²) in [7, 11) is 1.46. The highest BCUT2D eigenvalue weighted by Crippen LogP contribution is 2.32. The highest BCUT2D eigenvalue weighted by molar-refractivity contribution is 5.78. The molecule has 0 saturated carbocycles. The molecule has 2 aromatic carbocycles. The van der Waals surface area contributed by atoms with Crippen LogP contribution in [0.25, 0.3) is 5.69 Å². The molecule has 144 valence electrons. The van der Waals surface area contributed by atoms with Crippen molar-refractivity contribution in [2.45, 2.75) is 32.9 Å². The number of fused-ring (bicyclic) bond motifs is 1. The summed E-state index contributed by atoms with van der Waals surface area (Å²) in [4.78, 5) is 14.7. The number of nitrogens with zero attached hydrogens (tertiary/aromatic N) is 3. The fourth-order valence-corrected chi connectivity index (χ4v) is 4.04. The van der Waals surface area contributed by atoms with Crippen molar-refractivity contribution in [3.05, 3.63) is 82.7 Å². The second-order valence-electron chi connectivity index (χ2n) is 7.35. The molecule has 28 heavy (non-hydrogen) atoms. The van der Waals surface area contributed by atoms with Crippen LogP contribution in [0.1, 0.15) is 34.1 Å². The van der Waals surface area contributed by atoms with Crippen LogP contribution in [0, 0.1) is 13.8 Å². The van der Waals surface area contributed by atoms with Crippen LogP contribution >= 0.6 is 0 Å². The van der Waals surface area contributed by atoms with E-state index < -0.39 is 0 Å². The van der Waals surface area contributed by atoms with E-state index >= 15 is 0 Å². The molecule has 0 N–H and O–H groups in total. The van der Waals surface area contributed by atoms with Crippen LogP contribution < -0.4 is 0 Å². The summed E-state index contributed by atoms with van der Waals surface area (Å²) in [6, 6.07) is 18.3. The summed E-state index contributed by atoms with van der Waals surface area (Å²) < 4.78 is 7.07. The van der Waals surface area contributed by atoms with Gasteiger partial charge in [0.2, 0.25) is 0 Å². The van der Waals surface area contributed by atoms with Crippen LogP contribution in [-0.2, 0) is 22.5 Å². The SMILES string of the molecule is COC(=O)[C@@H]1c2ccccc2CCN1Cc1ccc(-n2nc(C)cc2C)cc1. The Hall–Kier alpha value is -2.92. The van der Waals surface area contributed by atoms with Gasteiger partial charge in [-0.1, -0.05) is 36.4 Å². The monoisotopic (exact) mass is 375 g/mol. The van der Waals surface area contributed by atoms with Crippen molar-refractivity contribution >= 4 is 5.97 Å². The maximum absolute atomic E-state index is 12.5. The molecule has 5 heteroatoms. The van der Waals surface area contributed by atoms with Crippen molar-refractivity contribution in [1.82, 2.24) is 14.7 Å². The third-order valence-corrected chi connectivity index (χ3v) is 5.38. The summed E-state index contributed by atoms with van der Waals surface area (Å²) in [5.74, 6) is -0.202. The number of hydrogen-bond acceptors (Lipinski definition) is 4. The van der Waals surface area contributed by atoms with Gasteiger partial charge >= 0.3 is 5.97 Å². The Labute approximate surface area is 165 Å². The van der Waals surface area contributed by atoms with Gasteiger partial charge in [0.15, 0.2) is 0 Å². The second kappa shape index (κ2) is 7.60. The van der Waals surface area contributed by atoms with Crippen molar-refractivity contribution in [3.8, 4) is 5.69 Å². The Kier molecular flexibility index (Phi) is 5.01. The Bertz CT molecular complexity index is 991. The number of carbonyl (C=O) groups excluding carboxylic acids is 1. The average Bonchev–Trinajstić information content (AvgIpc) is 3.06. The van der Waals surface area contributed by atoms with E-state index in [0.717, 1.165) is 35.6 Å². The van der Waals surface area contributed by atoms with Crippen LogP contribution in [0.15, 0.2) is 54.6 Å². The summed E-state index contributed by atoms with van der Waals surface area (Å²) in [6.07, 6.45) is 0.938. The number of hydrogen-bond donors (Lipinski definition) is 0. The molecule has 0 spiro atoms. The molecule has 1 aliphatic rings. The van der Waals surface area contributed by atoms with Crippen molar-refractivity contribution in [2.75, 3.05) is 13.7 Å². The smallest absolute Gasteiger partial charge is 0.327 e. The molecule has 0 bridgehead atoms. The first-order valence-electron chi connectivity index (χ1n) is 9.59. The molecule has 1 aromatic heterocycles. The zero-order valence-corrected chi connectivity index (χ0v) is 16.6. The number of benzene rings is 2. The van der Waals surface area contributed by atoms with Crippen molar-refractivity contribution in [2.24, 2.45) is 0 Å². The predicted molar refractivity (Wildman–Crippen MR) is 108 cm³/mol. The van der Waals surface area contributed by atoms with E-state index in [1.807, 2.05) is 29.8 Å². The van der Waals surface area contributed by atoms with E-state index in [1.54, 1.807) is 0 Å². The first-order valence-corrected chi connectivity index (χ1v) is 9.59. The number of esters is 1. The molecule has 0 unspecified atom stereocenters. The lowest BCUT2D eigenvalue weighted by Crippen LogP contribution is -2.39. The van der Waals surface area contributed by atoms with Gasteiger partial charge in [-0.05, 0) is 55.2 Å². The minimum absolute atomic E-state index is 0.202. The lowest BCUT2D eigenvalue weighted by atomic mass is 9.92. The van der Waals surface area contributed by atoms with Gasteiger partial charge in [-0.15, -0.1) is 0 Å². The number of aromatic nitrogens is 2. The quantitative estimate of drug-likeness (QED) is 0.652. The lowest BCUT2D eigenvalue weighted by Gasteiger charge is -2.35. The molecule has 5 nitrogen and oxygen atoms in total. The maximum Gasteiger partial charge on any atom is 0.327 e. The first kappa shape index (κ1) is 18.4. The van der Waals surface area contributed by atoms with E-state index in [2.05, 4.69) is 53.3 Å². The molecule has 2 heterocycles. The lowest BCUT2D eigenvalue weighted by molar-refractivity contribution is -0.148. The minimum atomic E-state index is -0.356. The number of rotatable bonds is 4. The van der Waals surface area contributed by atoms with E-state index in [0.29, 0.717) is 6.54 Å². The van der Waals surface area contributed by atoms with Crippen molar-refractivity contribution in [3.63, 3.8) is 0 Å². The number of aryl methyl sites for hydroxylation is 2. The van der Waals surface area contributed by atoms with Gasteiger partial charge in [0.05, 0.1) is 18.5 Å². The molecule has 0 fully saturated rings. The Morgan fingerprint density at radius 1 is 1.14 bits per heavy atom. The number of methoxy groups -OCH3 is 1. The predicted octanol–water partition coefficient (Wildman–Crippen LogP) is 3.76. The molecule has 4 rings (SSSR count). The Balaban J connectivity index is 1.58. The third-order valence-electron chi connectivity index (χ3n) is 5.38. The van der Waals surface area contributed by atoms with E-state index in [-0.39, 0.29) is 12.0 Å². The molecular weight excluding hydrogens is 350 g/mol. The van der Waals surface area contributed by atoms with E-state index in [9.17, 15) is 4.79 Å². The maximum atomic E-state index is 12.5. The van der Waals surface area contributed by atoms with E-state index in [1.165, 1.54) is 18.2 Å². The van der Waals surface area contributed by atoms with Crippen molar-refractivity contribution < 1.29 is 9.53 Å². The van der Waals surface area contributed by atoms with Gasteiger partial charge in [0.1, 0.15) is 6.04 Å². The second-order valence-corrected chi connectivity index (χ2v) is 7.35. The number of ether oxygens (including phenoxy) is 1. The Morgan fingerprint density at radius 2 is 1.89 bits per heavy atom. The van der Waals surface area contributed by atoms with Crippen LogP contribution in [0.2, 0.25) is 0 Å². The molecule has 0 radical (unpaired) electrons. The molecule has 0 aliphatic carbocycles. The normalized spacial score (nSPS) is 16.6. The molecular formula is C23H25N3O2. The number of carbonyl (C=O) groups is 1. The first-order chi connectivity index (χ1) is 13.6. The minimum Gasteiger partial charge on any atom is -0.468 e. The van der Waals surface area contributed by atoms with Crippen LogP contribution in [0.5, 0.6) is 0 Å². The summed E-state index contributed by atoms with van der Waals surface area (Å²) in [5.41, 5.74) is 6.62. The van der Waals surface area contributed by atoms with Crippen LogP contribution in [0.4, 0.5) is 0 Å². The van der Waals surface area contributed by atoms with Gasteiger partial charge in [0.25, 0.3) is 0 Å². The van der Waals surface area contributed by atoms with Crippen LogP contribution in [0.3, 0.4) is 0 Å². The molecule has 0 amide bonds. The average molecular weight is 375 g/mol. The zero-order valence-electron chi connectivity index (χ0n) is 16.6. The van der Waals surface area contributed by atoms with Gasteiger partial charge in [-0.2, -0.15) is 5.10 Å². The van der Waals surface area contributed by atoms with Gasteiger partial charge < -0.3 is 4.74 Å².